The number of hydrogen-bond donors (Lipinski definition) is 2. The fraction of sp³-hybridized carbons (Fsp3) is 0.700. The zero-order valence-corrected chi connectivity index (χ0v) is 10.4. The second-order valence-corrected chi connectivity index (χ2v) is 4.31. The van der Waals surface area contributed by atoms with Crippen LogP contribution in [-0.2, 0) is 6.42 Å². The fourth-order valence-electron chi connectivity index (χ4n) is 1.31. The summed E-state index contributed by atoms with van der Waals surface area (Å²) < 4.78 is 3.79. The lowest BCUT2D eigenvalue weighted by atomic mass is 10.2. The van der Waals surface area contributed by atoms with Crippen molar-refractivity contribution in [1.29, 1.82) is 0 Å². The summed E-state index contributed by atoms with van der Waals surface area (Å²) in [6.07, 6.45) is 2.40. The lowest BCUT2D eigenvalue weighted by Gasteiger charge is -2.13. The summed E-state index contributed by atoms with van der Waals surface area (Å²) in [5.41, 5.74) is 0.748. The molecule has 16 heavy (non-hydrogen) atoms. The standard InChI is InChI=1S/C10H17N3O2S/c1-3-5-8-9(16-13-12-8)10(15)11-7(4-2)6-14/h7,14H,3-6H2,1-2H3,(H,11,15)/t7-/m0/s1. The van der Waals surface area contributed by atoms with Gasteiger partial charge < -0.3 is 10.4 Å². The molecule has 1 aromatic rings. The van der Waals surface area contributed by atoms with Crippen molar-refractivity contribution in [2.75, 3.05) is 6.61 Å². The summed E-state index contributed by atoms with van der Waals surface area (Å²) >= 11 is 1.11. The predicted molar refractivity (Wildman–Crippen MR) is 62.5 cm³/mol. The molecule has 0 bridgehead atoms. The van der Waals surface area contributed by atoms with Gasteiger partial charge in [0.25, 0.3) is 5.91 Å². The first-order chi connectivity index (χ1) is 7.72. The monoisotopic (exact) mass is 243 g/mol. The smallest absolute Gasteiger partial charge is 0.265 e. The molecule has 0 fully saturated rings. The predicted octanol–water partition coefficient (Wildman–Crippen LogP) is 0.991. The van der Waals surface area contributed by atoms with Gasteiger partial charge in [-0.25, -0.2) is 0 Å². The van der Waals surface area contributed by atoms with E-state index in [9.17, 15) is 4.79 Å². The van der Waals surface area contributed by atoms with E-state index in [0.717, 1.165) is 30.1 Å². The van der Waals surface area contributed by atoms with E-state index in [2.05, 4.69) is 14.9 Å². The number of amides is 1. The van der Waals surface area contributed by atoms with Crippen LogP contribution in [0.3, 0.4) is 0 Å². The van der Waals surface area contributed by atoms with E-state index in [1.165, 1.54) is 0 Å². The maximum absolute atomic E-state index is 11.8. The molecule has 0 aliphatic carbocycles. The van der Waals surface area contributed by atoms with E-state index in [1.54, 1.807) is 0 Å². The molecule has 1 amide bonds. The molecular weight excluding hydrogens is 226 g/mol. The first-order valence-electron chi connectivity index (χ1n) is 5.45. The minimum Gasteiger partial charge on any atom is -0.394 e. The van der Waals surface area contributed by atoms with Gasteiger partial charge in [0.15, 0.2) is 0 Å². The molecule has 2 N–H and O–H groups in total. The number of carbonyl (C=O) groups excluding carboxylic acids is 1. The first-order valence-corrected chi connectivity index (χ1v) is 6.23. The van der Waals surface area contributed by atoms with Crippen molar-refractivity contribution in [2.24, 2.45) is 0 Å². The molecule has 6 heteroatoms. The van der Waals surface area contributed by atoms with Crippen molar-refractivity contribution in [3.05, 3.63) is 10.6 Å². The number of hydrogen-bond acceptors (Lipinski definition) is 5. The third kappa shape index (κ3) is 3.24. The molecule has 0 radical (unpaired) electrons. The molecule has 0 aliphatic heterocycles. The van der Waals surface area contributed by atoms with Crippen molar-refractivity contribution >= 4 is 17.4 Å². The minimum absolute atomic E-state index is 0.0441. The van der Waals surface area contributed by atoms with Crippen LogP contribution in [0.2, 0.25) is 0 Å². The second-order valence-electron chi connectivity index (χ2n) is 3.56. The number of aliphatic hydroxyl groups is 1. The highest BCUT2D eigenvalue weighted by Crippen LogP contribution is 2.12. The van der Waals surface area contributed by atoms with Gasteiger partial charge in [-0.1, -0.05) is 24.8 Å². The lowest BCUT2D eigenvalue weighted by Crippen LogP contribution is -2.36. The SMILES string of the molecule is CCCc1nnsc1C(=O)N[C@@H](CC)CO. The van der Waals surface area contributed by atoms with E-state index >= 15 is 0 Å². The molecule has 1 heterocycles. The van der Waals surface area contributed by atoms with Crippen LogP contribution in [0.15, 0.2) is 0 Å². The normalized spacial score (nSPS) is 12.4. The van der Waals surface area contributed by atoms with Gasteiger partial charge in [-0.2, -0.15) is 0 Å². The molecule has 0 spiro atoms. The number of nitrogens with one attached hydrogen (secondary N) is 1. The van der Waals surface area contributed by atoms with Crippen LogP contribution in [0.5, 0.6) is 0 Å². The van der Waals surface area contributed by atoms with E-state index in [1.807, 2.05) is 13.8 Å². The van der Waals surface area contributed by atoms with Crippen LogP contribution in [0.25, 0.3) is 0 Å². The van der Waals surface area contributed by atoms with Gasteiger partial charge in [-0.3, -0.25) is 4.79 Å². The molecule has 1 aromatic heterocycles. The Morgan fingerprint density at radius 3 is 2.88 bits per heavy atom. The molecule has 0 aromatic carbocycles. The Kier molecular flexibility index (Phi) is 5.34. The van der Waals surface area contributed by atoms with Crippen molar-refractivity contribution in [2.45, 2.75) is 39.2 Å². The topological polar surface area (TPSA) is 75.1 Å². The average Bonchev–Trinajstić information content (AvgIpc) is 2.74. The molecule has 0 aliphatic rings. The number of nitrogens with zero attached hydrogens (tertiary/aromatic N) is 2. The number of aliphatic hydroxyl groups excluding tert-OH is 1. The highest BCUT2D eigenvalue weighted by Gasteiger charge is 2.17. The van der Waals surface area contributed by atoms with Crippen LogP contribution < -0.4 is 5.32 Å². The zero-order valence-electron chi connectivity index (χ0n) is 9.56. The third-order valence-electron chi connectivity index (χ3n) is 2.30. The van der Waals surface area contributed by atoms with Crippen LogP contribution in [0.4, 0.5) is 0 Å². The van der Waals surface area contributed by atoms with Crippen LogP contribution in [-0.4, -0.2) is 33.2 Å². The van der Waals surface area contributed by atoms with Gasteiger partial charge in [-0.05, 0) is 24.4 Å². The Bertz CT molecular complexity index is 337. The van der Waals surface area contributed by atoms with Gasteiger partial charge in [0.05, 0.1) is 18.3 Å². The minimum atomic E-state index is -0.191. The van der Waals surface area contributed by atoms with Crippen molar-refractivity contribution < 1.29 is 9.90 Å². The van der Waals surface area contributed by atoms with E-state index in [0.29, 0.717) is 11.3 Å². The van der Waals surface area contributed by atoms with Gasteiger partial charge >= 0.3 is 0 Å². The van der Waals surface area contributed by atoms with Crippen LogP contribution in [0.1, 0.15) is 42.1 Å². The summed E-state index contributed by atoms with van der Waals surface area (Å²) in [4.78, 5) is 12.4. The summed E-state index contributed by atoms with van der Waals surface area (Å²) in [5, 5.41) is 15.7. The van der Waals surface area contributed by atoms with Gasteiger partial charge in [0.1, 0.15) is 4.88 Å². The Balaban J connectivity index is 2.68. The summed E-state index contributed by atoms with van der Waals surface area (Å²) in [6, 6.07) is -0.191. The van der Waals surface area contributed by atoms with Gasteiger partial charge in [0, 0.05) is 0 Å². The quantitative estimate of drug-likeness (QED) is 0.781. The molecule has 0 saturated carbocycles. The van der Waals surface area contributed by atoms with Crippen LogP contribution in [0, 0.1) is 0 Å². The maximum atomic E-state index is 11.8. The molecular formula is C10H17N3O2S. The first kappa shape index (κ1) is 13.1. The molecule has 90 valence electrons. The molecule has 1 rings (SSSR count). The third-order valence-corrected chi connectivity index (χ3v) is 3.06. The number of rotatable bonds is 6. The molecule has 5 nitrogen and oxygen atoms in total. The number of aromatic nitrogens is 2. The largest absolute Gasteiger partial charge is 0.394 e. The highest BCUT2D eigenvalue weighted by atomic mass is 32.1. The second kappa shape index (κ2) is 6.55. The number of carbonyl (C=O) groups is 1. The summed E-state index contributed by atoms with van der Waals surface area (Å²) in [7, 11) is 0. The average molecular weight is 243 g/mol. The Labute approximate surface area is 99.0 Å². The maximum Gasteiger partial charge on any atom is 0.265 e. The number of aryl methyl sites for hydroxylation is 1. The fourth-order valence-corrected chi connectivity index (χ4v) is 1.92. The van der Waals surface area contributed by atoms with Crippen LogP contribution >= 0.6 is 11.5 Å². The van der Waals surface area contributed by atoms with Gasteiger partial charge in [0.2, 0.25) is 0 Å². The Morgan fingerprint density at radius 2 is 2.31 bits per heavy atom. The van der Waals surface area contributed by atoms with E-state index in [4.69, 9.17) is 5.11 Å². The molecule has 0 saturated heterocycles. The van der Waals surface area contributed by atoms with Crippen molar-refractivity contribution in [3.63, 3.8) is 0 Å². The lowest BCUT2D eigenvalue weighted by molar-refractivity contribution is 0.0918. The van der Waals surface area contributed by atoms with Crippen molar-refractivity contribution in [3.8, 4) is 0 Å². The highest BCUT2D eigenvalue weighted by molar-refractivity contribution is 7.08. The summed E-state index contributed by atoms with van der Waals surface area (Å²) in [5.74, 6) is -0.181. The van der Waals surface area contributed by atoms with E-state index in [-0.39, 0.29) is 18.6 Å². The molecule has 1 atom stereocenters. The molecule has 0 unspecified atom stereocenters. The van der Waals surface area contributed by atoms with Gasteiger partial charge in [-0.15, -0.1) is 5.10 Å². The Morgan fingerprint density at radius 1 is 1.56 bits per heavy atom. The Hall–Kier alpha value is -1.01. The van der Waals surface area contributed by atoms with E-state index < -0.39 is 0 Å². The summed E-state index contributed by atoms with van der Waals surface area (Å²) in [6.45, 7) is 3.90. The van der Waals surface area contributed by atoms with Crippen molar-refractivity contribution in [1.82, 2.24) is 14.9 Å². The zero-order chi connectivity index (χ0) is 12.0.